The molecule has 0 aromatic heterocycles. The molecular weight excluding hydrogens is 263 g/mol. The van der Waals surface area contributed by atoms with Crippen LogP contribution in [-0.2, 0) is 0 Å². The van der Waals surface area contributed by atoms with Crippen LogP contribution in [0, 0.1) is 0 Å². The Morgan fingerprint density at radius 2 is 1.69 bits per heavy atom. The van der Waals surface area contributed by atoms with Gasteiger partial charge in [0.05, 0.1) is 0 Å². The minimum absolute atomic E-state index is 1.32. The van der Waals surface area contributed by atoms with Crippen LogP contribution < -0.4 is 0 Å². The van der Waals surface area contributed by atoms with Crippen molar-refractivity contribution in [2.24, 2.45) is 0 Å². The molecule has 0 amide bonds. The molecule has 0 atom stereocenters. The third kappa shape index (κ3) is 5.14. The van der Waals surface area contributed by atoms with Gasteiger partial charge in [0.25, 0.3) is 0 Å². The van der Waals surface area contributed by atoms with Crippen LogP contribution in [0.1, 0.15) is 5.56 Å². The van der Waals surface area contributed by atoms with E-state index in [9.17, 15) is 0 Å². The van der Waals surface area contributed by atoms with Crippen molar-refractivity contribution in [2.45, 2.75) is 19.3 Å². The second-order valence-electron chi connectivity index (χ2n) is 4.58. The first-order valence-corrected chi connectivity index (χ1v) is 15.4. The SMILES string of the molecule is [CH3][Sn]([CH3])([CH3])[CH2]C=Cc1ccccc1. The van der Waals surface area contributed by atoms with Crippen LogP contribution in [0.5, 0.6) is 0 Å². The molecule has 0 heterocycles. The van der Waals surface area contributed by atoms with E-state index in [1.54, 1.807) is 0 Å². The molecule has 1 aromatic rings. The van der Waals surface area contributed by atoms with Crippen LogP contribution >= 0.6 is 0 Å². The van der Waals surface area contributed by atoms with Crippen LogP contribution in [0.2, 0.25) is 19.3 Å². The summed E-state index contributed by atoms with van der Waals surface area (Å²) >= 11 is -1.56. The molecule has 0 spiro atoms. The average molecular weight is 281 g/mol. The summed E-state index contributed by atoms with van der Waals surface area (Å²) in [4.78, 5) is 7.39. The maximum atomic E-state index is 2.46. The summed E-state index contributed by atoms with van der Waals surface area (Å²) in [5.41, 5.74) is 1.32. The molecule has 1 aromatic carbocycles. The maximum absolute atomic E-state index is 2.46. The average Bonchev–Trinajstić information content (AvgIpc) is 2.04. The Bertz CT molecular complexity index is 267. The van der Waals surface area contributed by atoms with Crippen LogP contribution in [0.3, 0.4) is 0 Å². The van der Waals surface area contributed by atoms with E-state index in [2.05, 4.69) is 57.3 Å². The molecule has 0 nitrogen and oxygen atoms in total. The molecule has 1 heteroatoms. The van der Waals surface area contributed by atoms with Crippen molar-refractivity contribution < 1.29 is 0 Å². The van der Waals surface area contributed by atoms with Gasteiger partial charge in [0.2, 0.25) is 0 Å². The summed E-state index contributed by atoms with van der Waals surface area (Å²) in [5.74, 6) is 0. The van der Waals surface area contributed by atoms with E-state index in [0.717, 1.165) is 0 Å². The quantitative estimate of drug-likeness (QED) is 0.733. The molecule has 0 saturated heterocycles. The van der Waals surface area contributed by atoms with E-state index in [1.165, 1.54) is 10.0 Å². The topological polar surface area (TPSA) is 0 Å². The minimum atomic E-state index is -1.56. The fourth-order valence-electron chi connectivity index (χ4n) is 1.11. The molecule has 0 N–H and O–H groups in total. The summed E-state index contributed by atoms with van der Waals surface area (Å²) in [6.07, 6.45) is 4.58. The van der Waals surface area contributed by atoms with Crippen LogP contribution in [-0.4, -0.2) is 18.4 Å². The monoisotopic (exact) mass is 282 g/mol. The fourth-order valence-corrected chi connectivity index (χ4v) is 3.47. The van der Waals surface area contributed by atoms with Crippen LogP contribution in [0.15, 0.2) is 36.4 Å². The Morgan fingerprint density at radius 1 is 1.08 bits per heavy atom. The number of benzene rings is 1. The summed E-state index contributed by atoms with van der Waals surface area (Å²) in [5, 5.41) is 0. The van der Waals surface area contributed by atoms with Gasteiger partial charge in [-0.05, 0) is 0 Å². The van der Waals surface area contributed by atoms with E-state index in [-0.39, 0.29) is 0 Å². The number of rotatable bonds is 3. The van der Waals surface area contributed by atoms with E-state index in [0.29, 0.717) is 0 Å². The molecule has 0 unspecified atom stereocenters. The molecule has 0 bridgehead atoms. The van der Waals surface area contributed by atoms with Crippen molar-refractivity contribution in [3.05, 3.63) is 42.0 Å². The first-order valence-electron chi connectivity index (χ1n) is 4.79. The first kappa shape index (κ1) is 10.8. The van der Waals surface area contributed by atoms with E-state index in [1.807, 2.05) is 0 Å². The van der Waals surface area contributed by atoms with Crippen molar-refractivity contribution in [3.8, 4) is 0 Å². The molecule has 0 aliphatic rings. The molecular formula is C12H18Sn. The zero-order valence-electron chi connectivity index (χ0n) is 8.75. The molecule has 0 aliphatic carbocycles. The van der Waals surface area contributed by atoms with Crippen molar-refractivity contribution in [2.75, 3.05) is 0 Å². The van der Waals surface area contributed by atoms with E-state index < -0.39 is 18.4 Å². The second-order valence-corrected chi connectivity index (χ2v) is 20.4. The van der Waals surface area contributed by atoms with Gasteiger partial charge in [-0.1, -0.05) is 0 Å². The van der Waals surface area contributed by atoms with E-state index in [4.69, 9.17) is 0 Å². The van der Waals surface area contributed by atoms with Crippen molar-refractivity contribution in [3.63, 3.8) is 0 Å². The Balaban J connectivity index is 2.51. The van der Waals surface area contributed by atoms with Gasteiger partial charge in [-0.2, -0.15) is 0 Å². The summed E-state index contributed by atoms with van der Waals surface area (Å²) < 4.78 is 1.34. The zero-order chi connectivity index (χ0) is 9.73. The molecule has 0 saturated carbocycles. The van der Waals surface area contributed by atoms with Gasteiger partial charge in [0.1, 0.15) is 0 Å². The van der Waals surface area contributed by atoms with Gasteiger partial charge in [-0.15, -0.1) is 0 Å². The van der Waals surface area contributed by atoms with Gasteiger partial charge < -0.3 is 0 Å². The summed E-state index contributed by atoms with van der Waals surface area (Å²) in [7, 11) is 0. The molecule has 0 fully saturated rings. The Morgan fingerprint density at radius 3 is 2.23 bits per heavy atom. The Labute approximate surface area is 85.5 Å². The predicted molar refractivity (Wildman–Crippen MR) is 63.6 cm³/mol. The number of hydrogen-bond acceptors (Lipinski definition) is 0. The van der Waals surface area contributed by atoms with Gasteiger partial charge in [0, 0.05) is 0 Å². The predicted octanol–water partition coefficient (Wildman–Crippen LogP) is 4.04. The van der Waals surface area contributed by atoms with Gasteiger partial charge in [0.15, 0.2) is 0 Å². The van der Waals surface area contributed by atoms with Crippen LogP contribution in [0.4, 0.5) is 0 Å². The molecule has 0 radical (unpaired) electrons. The molecule has 13 heavy (non-hydrogen) atoms. The third-order valence-corrected chi connectivity index (χ3v) is 6.01. The van der Waals surface area contributed by atoms with Gasteiger partial charge >= 0.3 is 85.7 Å². The molecule has 1 rings (SSSR count). The number of allylic oxidation sites excluding steroid dienone is 1. The van der Waals surface area contributed by atoms with E-state index >= 15 is 0 Å². The van der Waals surface area contributed by atoms with Gasteiger partial charge in [-0.25, -0.2) is 0 Å². The normalized spacial score (nSPS) is 12.2. The van der Waals surface area contributed by atoms with Crippen LogP contribution in [0.25, 0.3) is 6.08 Å². The standard InChI is InChI=1S/C9H9.3CH3.Sn/c1-2-6-9-7-4-3-5-8-9;;;;/h2-8H,1H2;3*1H3;. The first-order chi connectivity index (χ1) is 6.08. The second kappa shape index (κ2) is 4.85. The van der Waals surface area contributed by atoms with Crippen molar-refractivity contribution >= 4 is 24.5 Å². The summed E-state index contributed by atoms with van der Waals surface area (Å²) in [6, 6.07) is 10.5. The molecule has 0 aliphatic heterocycles. The Kier molecular flexibility index (Phi) is 4.04. The molecule has 70 valence electrons. The Hall–Kier alpha value is -0.241. The summed E-state index contributed by atoms with van der Waals surface area (Å²) in [6.45, 7) is 0. The van der Waals surface area contributed by atoms with Crippen molar-refractivity contribution in [1.29, 1.82) is 0 Å². The van der Waals surface area contributed by atoms with Crippen molar-refractivity contribution in [1.82, 2.24) is 0 Å². The third-order valence-electron chi connectivity index (χ3n) is 1.84. The van der Waals surface area contributed by atoms with Gasteiger partial charge in [-0.3, -0.25) is 0 Å². The number of hydrogen-bond donors (Lipinski definition) is 0. The fraction of sp³-hybridized carbons (Fsp3) is 0.333. The zero-order valence-corrected chi connectivity index (χ0v) is 11.6.